The van der Waals surface area contributed by atoms with Gasteiger partial charge in [0.15, 0.2) is 0 Å². The first kappa shape index (κ1) is 31.1. The number of nitrogens with one attached hydrogen (secondary N) is 3. The highest BCUT2D eigenvalue weighted by atomic mass is 32.2. The molecule has 0 rings (SSSR count). The molecule has 34 heavy (non-hydrogen) atoms. The number of hydrogen-bond acceptors (Lipinski definition) is 8. The van der Waals surface area contributed by atoms with Crippen LogP contribution in [0.4, 0.5) is 0 Å². The summed E-state index contributed by atoms with van der Waals surface area (Å²) < 4.78 is 0. The molecule has 0 aromatic carbocycles. The molecule has 13 nitrogen and oxygen atoms in total. The van der Waals surface area contributed by atoms with Crippen molar-refractivity contribution in [1.29, 1.82) is 0 Å². The van der Waals surface area contributed by atoms with Crippen LogP contribution in [0.15, 0.2) is 0 Å². The fourth-order valence-corrected chi connectivity index (χ4v) is 3.35. The van der Waals surface area contributed by atoms with Crippen LogP contribution in [-0.4, -0.2) is 82.0 Å². The van der Waals surface area contributed by atoms with Gasteiger partial charge in [0.1, 0.15) is 18.1 Å². The number of amides is 4. The molecule has 0 bridgehead atoms. The molecule has 4 unspecified atom stereocenters. The Labute approximate surface area is 202 Å². The summed E-state index contributed by atoms with van der Waals surface area (Å²) in [7, 11) is 0. The highest BCUT2D eigenvalue weighted by Crippen LogP contribution is 2.07. The van der Waals surface area contributed by atoms with E-state index in [1.807, 2.05) is 13.8 Å². The Kier molecular flexibility index (Phi) is 14.5. The van der Waals surface area contributed by atoms with Crippen LogP contribution in [0.3, 0.4) is 0 Å². The molecule has 0 aliphatic heterocycles. The van der Waals surface area contributed by atoms with E-state index in [0.717, 1.165) is 0 Å². The number of thioether (sulfide) groups is 1. The van der Waals surface area contributed by atoms with Gasteiger partial charge in [0.05, 0.1) is 12.5 Å². The van der Waals surface area contributed by atoms with Crippen molar-refractivity contribution in [2.45, 2.75) is 70.1 Å². The summed E-state index contributed by atoms with van der Waals surface area (Å²) in [4.78, 5) is 71.4. The average molecular weight is 506 g/mol. The van der Waals surface area contributed by atoms with Gasteiger partial charge >= 0.3 is 11.9 Å². The van der Waals surface area contributed by atoms with Crippen LogP contribution >= 0.6 is 11.8 Å². The Morgan fingerprint density at radius 1 is 0.853 bits per heavy atom. The Hall–Kier alpha value is -2.87. The molecule has 0 saturated heterocycles. The van der Waals surface area contributed by atoms with E-state index >= 15 is 0 Å². The topological polar surface area (TPSA) is 231 Å². The minimum atomic E-state index is -1.48. The quantitative estimate of drug-likeness (QED) is 0.119. The SMILES string of the molecule is CSCCC(NC(=O)C(CC(N)=O)NC(=O)C(N)CC(C)C)C(=O)NC(CCC(=O)O)C(=O)O. The lowest BCUT2D eigenvalue weighted by molar-refractivity contribution is -0.143. The number of hydrogen-bond donors (Lipinski definition) is 7. The van der Waals surface area contributed by atoms with E-state index in [4.69, 9.17) is 16.6 Å². The smallest absolute Gasteiger partial charge is 0.326 e. The fourth-order valence-electron chi connectivity index (χ4n) is 2.88. The summed E-state index contributed by atoms with van der Waals surface area (Å²) in [6.45, 7) is 3.72. The second-order valence-corrected chi connectivity index (χ2v) is 9.13. The molecule has 4 amide bonds. The third-order valence-corrected chi connectivity index (χ3v) is 5.25. The number of rotatable bonds is 17. The van der Waals surface area contributed by atoms with Crippen LogP contribution < -0.4 is 27.4 Å². The van der Waals surface area contributed by atoms with E-state index in [0.29, 0.717) is 12.2 Å². The van der Waals surface area contributed by atoms with E-state index in [2.05, 4.69) is 16.0 Å². The molecule has 0 heterocycles. The second-order valence-electron chi connectivity index (χ2n) is 8.14. The molecular formula is C20H35N5O8S. The van der Waals surface area contributed by atoms with Crippen molar-refractivity contribution in [3.05, 3.63) is 0 Å². The molecule has 14 heteroatoms. The van der Waals surface area contributed by atoms with E-state index in [-0.39, 0.29) is 18.8 Å². The zero-order valence-electron chi connectivity index (χ0n) is 19.5. The van der Waals surface area contributed by atoms with E-state index in [1.54, 1.807) is 6.26 Å². The summed E-state index contributed by atoms with van der Waals surface area (Å²) in [5, 5.41) is 25.0. The van der Waals surface area contributed by atoms with Crippen LogP contribution in [0.1, 0.15) is 46.0 Å². The highest BCUT2D eigenvalue weighted by molar-refractivity contribution is 7.98. The summed E-state index contributed by atoms with van der Waals surface area (Å²) in [6.07, 6.45) is 0.821. The highest BCUT2D eigenvalue weighted by Gasteiger charge is 2.31. The number of carboxylic acid groups (broad SMARTS) is 2. The van der Waals surface area contributed by atoms with Gasteiger partial charge in [-0.15, -0.1) is 0 Å². The van der Waals surface area contributed by atoms with Gasteiger partial charge in [0, 0.05) is 6.42 Å². The maximum atomic E-state index is 12.8. The molecule has 194 valence electrons. The van der Waals surface area contributed by atoms with E-state index < -0.39 is 72.6 Å². The van der Waals surface area contributed by atoms with Crippen LogP contribution in [0.5, 0.6) is 0 Å². The van der Waals surface area contributed by atoms with Gasteiger partial charge in [0.25, 0.3) is 0 Å². The number of carbonyl (C=O) groups excluding carboxylic acids is 4. The number of primary amides is 1. The molecule has 0 fully saturated rings. The van der Waals surface area contributed by atoms with Gasteiger partial charge in [-0.2, -0.15) is 11.8 Å². The van der Waals surface area contributed by atoms with Crippen LogP contribution in [0.2, 0.25) is 0 Å². The van der Waals surface area contributed by atoms with Crippen molar-refractivity contribution >= 4 is 47.3 Å². The number of nitrogens with two attached hydrogens (primary N) is 2. The number of carbonyl (C=O) groups is 6. The van der Waals surface area contributed by atoms with Crippen molar-refractivity contribution in [2.24, 2.45) is 17.4 Å². The molecule has 0 aliphatic carbocycles. The Bertz CT molecular complexity index is 748. The average Bonchev–Trinajstić information content (AvgIpc) is 2.71. The van der Waals surface area contributed by atoms with Crippen molar-refractivity contribution in [3.8, 4) is 0 Å². The molecule has 0 spiro atoms. The molecule has 0 saturated carbocycles. The molecule has 9 N–H and O–H groups in total. The number of aliphatic carboxylic acids is 2. The summed E-state index contributed by atoms with van der Waals surface area (Å²) in [5.74, 6) is -5.40. The summed E-state index contributed by atoms with van der Waals surface area (Å²) in [5.41, 5.74) is 11.0. The van der Waals surface area contributed by atoms with E-state index in [1.165, 1.54) is 11.8 Å². The molecule has 0 aromatic rings. The molecular weight excluding hydrogens is 470 g/mol. The Morgan fingerprint density at radius 2 is 1.38 bits per heavy atom. The lowest BCUT2D eigenvalue weighted by atomic mass is 10.0. The third kappa shape index (κ3) is 13.0. The molecule has 0 radical (unpaired) electrons. The van der Waals surface area contributed by atoms with Gasteiger partial charge in [0.2, 0.25) is 23.6 Å². The number of carboxylic acids is 2. The van der Waals surface area contributed by atoms with Crippen molar-refractivity contribution < 1.29 is 39.0 Å². The van der Waals surface area contributed by atoms with Crippen molar-refractivity contribution in [1.82, 2.24) is 16.0 Å². The maximum absolute atomic E-state index is 12.8. The van der Waals surface area contributed by atoms with Crippen LogP contribution in [-0.2, 0) is 28.8 Å². The van der Waals surface area contributed by atoms with Crippen LogP contribution in [0.25, 0.3) is 0 Å². The lowest BCUT2D eigenvalue weighted by Gasteiger charge is -2.25. The van der Waals surface area contributed by atoms with Gasteiger partial charge in [-0.25, -0.2) is 4.79 Å². The Balaban J connectivity index is 5.48. The first-order chi connectivity index (χ1) is 15.8. The van der Waals surface area contributed by atoms with Gasteiger partial charge in [-0.1, -0.05) is 13.8 Å². The van der Waals surface area contributed by atoms with Gasteiger partial charge in [-0.05, 0) is 37.2 Å². The first-order valence-electron chi connectivity index (χ1n) is 10.7. The normalized spacial score (nSPS) is 14.4. The van der Waals surface area contributed by atoms with Gasteiger partial charge in [-0.3, -0.25) is 24.0 Å². The maximum Gasteiger partial charge on any atom is 0.326 e. The minimum absolute atomic E-state index is 0.104. The molecule has 4 atom stereocenters. The zero-order valence-corrected chi connectivity index (χ0v) is 20.4. The fraction of sp³-hybridized carbons (Fsp3) is 0.700. The first-order valence-corrected chi connectivity index (χ1v) is 12.1. The van der Waals surface area contributed by atoms with Crippen LogP contribution in [0, 0.1) is 5.92 Å². The van der Waals surface area contributed by atoms with Crippen molar-refractivity contribution in [3.63, 3.8) is 0 Å². The zero-order chi connectivity index (χ0) is 26.4. The van der Waals surface area contributed by atoms with E-state index in [9.17, 15) is 33.9 Å². The molecule has 0 aromatic heterocycles. The largest absolute Gasteiger partial charge is 0.481 e. The van der Waals surface area contributed by atoms with Gasteiger partial charge < -0.3 is 37.6 Å². The summed E-state index contributed by atoms with van der Waals surface area (Å²) in [6, 6.07) is -5.00. The predicted octanol–water partition coefficient (Wildman–Crippen LogP) is -1.61. The second kappa shape index (κ2) is 15.9. The minimum Gasteiger partial charge on any atom is -0.481 e. The third-order valence-electron chi connectivity index (χ3n) is 4.61. The Morgan fingerprint density at radius 3 is 1.85 bits per heavy atom. The molecule has 0 aliphatic rings. The van der Waals surface area contributed by atoms with Crippen molar-refractivity contribution in [2.75, 3.05) is 12.0 Å². The summed E-state index contributed by atoms with van der Waals surface area (Å²) >= 11 is 1.37. The monoisotopic (exact) mass is 505 g/mol. The standard InChI is InChI=1S/C20H35N5O8S/c1-10(2)8-11(21)17(29)25-14(9-15(22)26)19(31)23-12(6-7-34-3)18(30)24-13(20(32)33)4-5-16(27)28/h10-14H,4-9,21H2,1-3H3,(H2,22,26)(H,23,31)(H,24,30)(H,25,29)(H,27,28)(H,32,33). The predicted molar refractivity (Wildman–Crippen MR) is 125 cm³/mol. The lowest BCUT2D eigenvalue weighted by Crippen LogP contribution is -2.58.